The Morgan fingerprint density at radius 1 is 1.20 bits per heavy atom. The van der Waals surface area contributed by atoms with Crippen LogP contribution in [0, 0.1) is 0 Å². The molecule has 30 heavy (non-hydrogen) atoms. The Balaban J connectivity index is 1.20. The maximum atomic E-state index is 12.5. The van der Waals surface area contributed by atoms with Crippen molar-refractivity contribution in [3.05, 3.63) is 58.2 Å². The number of thiophene rings is 1. The van der Waals surface area contributed by atoms with Gasteiger partial charge in [0, 0.05) is 13.0 Å². The van der Waals surface area contributed by atoms with E-state index in [1.54, 1.807) is 36.5 Å². The van der Waals surface area contributed by atoms with Gasteiger partial charge in [0.05, 0.1) is 10.4 Å². The number of para-hydroxylation sites is 2. The number of benzene rings is 1. The van der Waals surface area contributed by atoms with E-state index in [0.717, 1.165) is 24.1 Å². The van der Waals surface area contributed by atoms with E-state index in [2.05, 4.69) is 15.5 Å². The van der Waals surface area contributed by atoms with Crippen LogP contribution in [0.4, 0.5) is 0 Å². The third-order valence-electron chi connectivity index (χ3n) is 4.86. The van der Waals surface area contributed by atoms with E-state index in [9.17, 15) is 9.59 Å². The lowest BCUT2D eigenvalue weighted by atomic mass is 10.2. The highest BCUT2D eigenvalue weighted by Crippen LogP contribution is 2.21. The zero-order valence-corrected chi connectivity index (χ0v) is 17.4. The van der Waals surface area contributed by atoms with E-state index in [0.29, 0.717) is 35.8 Å². The monoisotopic (exact) mass is 426 g/mol. The Bertz CT molecular complexity index is 1180. The van der Waals surface area contributed by atoms with Crippen LogP contribution in [0.2, 0.25) is 0 Å². The average Bonchev–Trinajstić information content (AvgIpc) is 3.48. The summed E-state index contributed by atoms with van der Waals surface area (Å²) in [6.07, 6.45) is 3.34. The molecule has 4 aromatic rings. The van der Waals surface area contributed by atoms with Crippen molar-refractivity contribution >= 4 is 28.3 Å². The van der Waals surface area contributed by atoms with Gasteiger partial charge in [-0.3, -0.25) is 9.36 Å². The van der Waals surface area contributed by atoms with E-state index >= 15 is 0 Å². The van der Waals surface area contributed by atoms with Crippen LogP contribution in [0.3, 0.4) is 0 Å². The molecule has 1 aromatic carbocycles. The predicted molar refractivity (Wildman–Crippen MR) is 113 cm³/mol. The molecule has 0 aliphatic carbocycles. The Morgan fingerprint density at radius 3 is 2.90 bits per heavy atom. The van der Waals surface area contributed by atoms with Crippen molar-refractivity contribution in [3.8, 4) is 10.7 Å². The molecule has 0 fully saturated rings. The van der Waals surface area contributed by atoms with E-state index < -0.39 is 11.8 Å². The summed E-state index contributed by atoms with van der Waals surface area (Å²) in [5, 5.41) is 8.87. The van der Waals surface area contributed by atoms with Crippen LogP contribution in [0.25, 0.3) is 21.8 Å². The van der Waals surface area contributed by atoms with Crippen LogP contribution in [0.15, 0.2) is 55.5 Å². The largest absolute Gasteiger partial charge is 0.420 e. The molecule has 8 nitrogen and oxygen atoms in total. The SMILES string of the molecule is CC(C(=O)NCCCCCc1nc(-c2cccs2)no1)n1c(=O)oc2ccccc21. The van der Waals surface area contributed by atoms with Crippen LogP contribution in [0.5, 0.6) is 0 Å². The number of hydrogen-bond acceptors (Lipinski definition) is 7. The van der Waals surface area contributed by atoms with Gasteiger partial charge < -0.3 is 14.3 Å². The summed E-state index contributed by atoms with van der Waals surface area (Å²) in [6, 6.07) is 10.4. The summed E-state index contributed by atoms with van der Waals surface area (Å²) in [4.78, 5) is 30.0. The first-order chi connectivity index (χ1) is 14.6. The number of aromatic nitrogens is 3. The van der Waals surface area contributed by atoms with Gasteiger partial charge in [-0.15, -0.1) is 11.3 Å². The summed E-state index contributed by atoms with van der Waals surface area (Å²) in [6.45, 7) is 2.23. The van der Waals surface area contributed by atoms with E-state index in [-0.39, 0.29) is 5.91 Å². The maximum Gasteiger partial charge on any atom is 0.420 e. The van der Waals surface area contributed by atoms with Crippen LogP contribution < -0.4 is 11.1 Å². The number of nitrogens with one attached hydrogen (secondary N) is 1. The Labute approximate surface area is 176 Å². The first-order valence-corrected chi connectivity index (χ1v) is 10.8. The Hall–Kier alpha value is -3.20. The number of nitrogens with zero attached hydrogens (tertiary/aromatic N) is 3. The molecule has 3 aromatic heterocycles. The minimum Gasteiger partial charge on any atom is -0.408 e. The topological polar surface area (TPSA) is 103 Å². The molecule has 0 radical (unpaired) electrons. The number of hydrogen-bond donors (Lipinski definition) is 1. The van der Waals surface area contributed by atoms with Crippen molar-refractivity contribution in [1.82, 2.24) is 20.0 Å². The molecule has 0 aliphatic heterocycles. The fraction of sp³-hybridized carbons (Fsp3) is 0.333. The number of aryl methyl sites for hydroxylation is 1. The first-order valence-electron chi connectivity index (χ1n) is 9.88. The second-order valence-corrected chi connectivity index (χ2v) is 7.92. The van der Waals surface area contributed by atoms with E-state index in [1.165, 1.54) is 4.57 Å². The molecular formula is C21H22N4O4S. The van der Waals surface area contributed by atoms with Gasteiger partial charge >= 0.3 is 5.76 Å². The quantitative estimate of drug-likeness (QED) is 0.408. The van der Waals surface area contributed by atoms with Crippen molar-refractivity contribution in [2.75, 3.05) is 6.54 Å². The van der Waals surface area contributed by atoms with Crippen molar-refractivity contribution in [1.29, 1.82) is 0 Å². The fourth-order valence-corrected chi connectivity index (χ4v) is 3.92. The Morgan fingerprint density at radius 2 is 2.07 bits per heavy atom. The zero-order chi connectivity index (χ0) is 20.9. The van der Waals surface area contributed by atoms with Crippen molar-refractivity contribution in [2.24, 2.45) is 0 Å². The molecule has 9 heteroatoms. The molecule has 0 saturated heterocycles. The second-order valence-electron chi connectivity index (χ2n) is 6.97. The lowest BCUT2D eigenvalue weighted by molar-refractivity contribution is -0.123. The number of carbonyl (C=O) groups excluding carboxylic acids is 1. The van der Waals surface area contributed by atoms with Gasteiger partial charge in [-0.25, -0.2) is 4.79 Å². The third-order valence-corrected chi connectivity index (χ3v) is 5.73. The van der Waals surface area contributed by atoms with Crippen molar-refractivity contribution in [2.45, 2.75) is 38.6 Å². The number of amides is 1. The Kier molecular flexibility index (Phi) is 6.08. The molecule has 0 saturated carbocycles. The summed E-state index contributed by atoms with van der Waals surface area (Å²) in [7, 11) is 0. The van der Waals surface area contributed by atoms with Gasteiger partial charge in [-0.05, 0) is 43.3 Å². The smallest absolute Gasteiger partial charge is 0.408 e. The minimum absolute atomic E-state index is 0.207. The number of fused-ring (bicyclic) bond motifs is 1. The van der Waals surface area contributed by atoms with Gasteiger partial charge in [0.25, 0.3) is 0 Å². The molecule has 0 bridgehead atoms. The molecule has 1 N–H and O–H groups in total. The lowest BCUT2D eigenvalue weighted by Crippen LogP contribution is -2.34. The van der Waals surface area contributed by atoms with Crippen LogP contribution in [0.1, 0.15) is 38.1 Å². The highest BCUT2D eigenvalue weighted by atomic mass is 32.1. The minimum atomic E-state index is -0.643. The van der Waals surface area contributed by atoms with Crippen molar-refractivity contribution in [3.63, 3.8) is 0 Å². The highest BCUT2D eigenvalue weighted by Gasteiger charge is 2.20. The third kappa shape index (κ3) is 4.35. The normalized spacial score (nSPS) is 12.3. The van der Waals surface area contributed by atoms with Crippen LogP contribution in [-0.4, -0.2) is 27.2 Å². The van der Waals surface area contributed by atoms with Gasteiger partial charge in [0.1, 0.15) is 6.04 Å². The predicted octanol–water partition coefficient (Wildman–Crippen LogP) is 3.80. The highest BCUT2D eigenvalue weighted by molar-refractivity contribution is 7.13. The molecule has 0 aliphatic rings. The number of carbonyl (C=O) groups is 1. The lowest BCUT2D eigenvalue weighted by Gasteiger charge is -2.13. The molecule has 156 valence electrons. The van der Waals surface area contributed by atoms with E-state index in [1.807, 2.05) is 23.6 Å². The first kappa shape index (κ1) is 20.1. The molecule has 1 unspecified atom stereocenters. The molecule has 1 atom stereocenters. The maximum absolute atomic E-state index is 12.5. The number of rotatable bonds is 9. The summed E-state index contributed by atoms with van der Waals surface area (Å²) in [5.41, 5.74) is 1.09. The van der Waals surface area contributed by atoms with Gasteiger partial charge in [-0.1, -0.05) is 29.8 Å². The average molecular weight is 426 g/mol. The standard InChI is InChI=1S/C21H22N4O4S/c1-14(25-15-8-4-5-9-16(15)28-21(25)27)20(26)22-12-6-2-3-11-18-23-19(24-29-18)17-10-7-13-30-17/h4-5,7-10,13-14H,2-3,6,11-12H2,1H3,(H,22,26). The molecule has 1 amide bonds. The van der Waals surface area contributed by atoms with Crippen molar-refractivity contribution < 1.29 is 13.7 Å². The summed E-state index contributed by atoms with van der Waals surface area (Å²) >= 11 is 1.58. The fourth-order valence-electron chi connectivity index (χ4n) is 3.27. The second kappa shape index (κ2) is 9.08. The summed E-state index contributed by atoms with van der Waals surface area (Å²) < 4.78 is 11.9. The van der Waals surface area contributed by atoms with E-state index in [4.69, 9.17) is 8.94 Å². The number of unbranched alkanes of at least 4 members (excludes halogenated alkanes) is 2. The number of oxazole rings is 1. The molecule has 0 spiro atoms. The molecule has 3 heterocycles. The summed E-state index contributed by atoms with van der Waals surface area (Å²) in [5.74, 6) is 0.520. The van der Waals surface area contributed by atoms with Gasteiger partial charge in [-0.2, -0.15) is 4.98 Å². The van der Waals surface area contributed by atoms with Crippen LogP contribution in [-0.2, 0) is 11.2 Å². The molecular weight excluding hydrogens is 404 g/mol. The molecule has 4 rings (SSSR count). The van der Waals surface area contributed by atoms with Crippen LogP contribution >= 0.6 is 11.3 Å². The van der Waals surface area contributed by atoms with Gasteiger partial charge in [0.15, 0.2) is 5.58 Å². The zero-order valence-electron chi connectivity index (χ0n) is 16.5. The van der Waals surface area contributed by atoms with Gasteiger partial charge in [0.2, 0.25) is 17.6 Å².